The molecule has 0 aromatic heterocycles. The summed E-state index contributed by atoms with van der Waals surface area (Å²) in [6, 6.07) is -0.458. The molecule has 1 aliphatic heterocycles. The molecule has 3 N–H and O–H groups in total. The van der Waals surface area contributed by atoms with Crippen molar-refractivity contribution < 1.29 is 9.90 Å². The highest BCUT2D eigenvalue weighted by Gasteiger charge is 2.40. The van der Waals surface area contributed by atoms with Gasteiger partial charge in [0.1, 0.15) is 6.04 Å². The summed E-state index contributed by atoms with van der Waals surface area (Å²) in [5.74, 6) is 0.708. The molecule has 0 bridgehead atoms. The minimum absolute atomic E-state index is 0.231. The fourth-order valence-corrected chi connectivity index (χ4v) is 2.93. The van der Waals surface area contributed by atoms with E-state index < -0.39 is 12.0 Å². The van der Waals surface area contributed by atoms with Gasteiger partial charge >= 0.3 is 5.97 Å². The van der Waals surface area contributed by atoms with Crippen LogP contribution in [-0.2, 0) is 4.79 Å². The largest absolute Gasteiger partial charge is 0.480 e. The SMILES string of the molecule is NCC(C(=O)O)N1CC2CCCC2C1. The van der Waals surface area contributed by atoms with Crippen LogP contribution in [0.2, 0.25) is 0 Å². The Morgan fingerprint density at radius 1 is 1.43 bits per heavy atom. The van der Waals surface area contributed by atoms with Crippen molar-refractivity contribution in [1.29, 1.82) is 0 Å². The lowest BCUT2D eigenvalue weighted by Crippen LogP contribution is -2.45. The van der Waals surface area contributed by atoms with Crippen LogP contribution in [0.5, 0.6) is 0 Å². The van der Waals surface area contributed by atoms with Crippen molar-refractivity contribution in [1.82, 2.24) is 4.90 Å². The van der Waals surface area contributed by atoms with Gasteiger partial charge in [0.25, 0.3) is 0 Å². The van der Waals surface area contributed by atoms with E-state index >= 15 is 0 Å². The molecule has 3 unspecified atom stereocenters. The van der Waals surface area contributed by atoms with E-state index in [2.05, 4.69) is 4.90 Å². The molecule has 80 valence electrons. The lowest BCUT2D eigenvalue weighted by Gasteiger charge is -2.23. The monoisotopic (exact) mass is 198 g/mol. The lowest BCUT2D eigenvalue weighted by atomic mass is 10.0. The molecule has 0 radical (unpaired) electrons. The van der Waals surface area contributed by atoms with Gasteiger partial charge in [0.2, 0.25) is 0 Å². The first-order valence-corrected chi connectivity index (χ1v) is 5.39. The van der Waals surface area contributed by atoms with Gasteiger partial charge in [-0.1, -0.05) is 6.42 Å². The third kappa shape index (κ3) is 1.64. The normalized spacial score (nSPS) is 34.4. The van der Waals surface area contributed by atoms with Crippen molar-refractivity contribution in [3.63, 3.8) is 0 Å². The van der Waals surface area contributed by atoms with E-state index in [-0.39, 0.29) is 6.54 Å². The van der Waals surface area contributed by atoms with Crippen LogP contribution in [0.25, 0.3) is 0 Å². The Bertz CT molecular complexity index is 220. The number of nitrogens with two attached hydrogens (primary N) is 1. The smallest absolute Gasteiger partial charge is 0.322 e. The molecule has 1 heterocycles. The van der Waals surface area contributed by atoms with Gasteiger partial charge in [0, 0.05) is 19.6 Å². The van der Waals surface area contributed by atoms with Gasteiger partial charge in [-0.05, 0) is 24.7 Å². The summed E-state index contributed by atoms with van der Waals surface area (Å²) in [7, 11) is 0. The zero-order valence-electron chi connectivity index (χ0n) is 8.35. The zero-order valence-corrected chi connectivity index (χ0v) is 8.35. The zero-order chi connectivity index (χ0) is 10.1. The lowest BCUT2D eigenvalue weighted by molar-refractivity contribution is -0.142. The number of hydrogen-bond acceptors (Lipinski definition) is 3. The van der Waals surface area contributed by atoms with Gasteiger partial charge in [-0.15, -0.1) is 0 Å². The van der Waals surface area contributed by atoms with Crippen molar-refractivity contribution >= 4 is 5.97 Å². The molecule has 14 heavy (non-hydrogen) atoms. The second-order valence-electron chi connectivity index (χ2n) is 4.49. The van der Waals surface area contributed by atoms with Gasteiger partial charge in [-0.25, -0.2) is 0 Å². The van der Waals surface area contributed by atoms with Crippen LogP contribution in [0, 0.1) is 11.8 Å². The van der Waals surface area contributed by atoms with Gasteiger partial charge in [0.05, 0.1) is 0 Å². The average molecular weight is 198 g/mol. The van der Waals surface area contributed by atoms with Crippen LogP contribution in [0.4, 0.5) is 0 Å². The van der Waals surface area contributed by atoms with E-state index in [1.807, 2.05) is 0 Å². The Kier molecular flexibility index (Phi) is 2.74. The molecule has 3 atom stereocenters. The summed E-state index contributed by atoms with van der Waals surface area (Å²) < 4.78 is 0. The molecular weight excluding hydrogens is 180 g/mol. The summed E-state index contributed by atoms with van der Waals surface area (Å²) in [5.41, 5.74) is 5.48. The van der Waals surface area contributed by atoms with Crippen LogP contribution in [0.1, 0.15) is 19.3 Å². The third-order valence-electron chi connectivity index (χ3n) is 3.70. The second kappa shape index (κ2) is 3.87. The first kappa shape index (κ1) is 9.93. The molecule has 2 rings (SSSR count). The Balaban J connectivity index is 1.97. The number of carbonyl (C=O) groups is 1. The fourth-order valence-electron chi connectivity index (χ4n) is 2.93. The van der Waals surface area contributed by atoms with Gasteiger partial charge < -0.3 is 10.8 Å². The first-order chi connectivity index (χ1) is 6.72. The van der Waals surface area contributed by atoms with E-state index in [0.29, 0.717) is 0 Å². The number of nitrogens with zero attached hydrogens (tertiary/aromatic N) is 1. The average Bonchev–Trinajstić information content (AvgIpc) is 2.63. The molecule has 1 saturated heterocycles. The number of rotatable bonds is 3. The second-order valence-corrected chi connectivity index (χ2v) is 4.49. The van der Waals surface area contributed by atoms with E-state index in [1.165, 1.54) is 19.3 Å². The highest BCUT2D eigenvalue weighted by Crippen LogP contribution is 2.38. The number of likely N-dealkylation sites (tertiary alicyclic amines) is 1. The predicted molar refractivity (Wildman–Crippen MR) is 52.9 cm³/mol. The van der Waals surface area contributed by atoms with E-state index in [0.717, 1.165) is 24.9 Å². The molecule has 4 heteroatoms. The summed E-state index contributed by atoms with van der Waals surface area (Å²) in [6.45, 7) is 2.12. The van der Waals surface area contributed by atoms with Gasteiger partial charge in [-0.2, -0.15) is 0 Å². The Labute approximate surface area is 84.1 Å². The van der Waals surface area contributed by atoms with Gasteiger partial charge in [-0.3, -0.25) is 9.69 Å². The highest BCUT2D eigenvalue weighted by molar-refractivity contribution is 5.73. The minimum atomic E-state index is -0.771. The van der Waals surface area contributed by atoms with Crippen LogP contribution < -0.4 is 5.73 Å². The van der Waals surface area contributed by atoms with Crippen LogP contribution >= 0.6 is 0 Å². The van der Waals surface area contributed by atoms with Crippen molar-refractivity contribution in [3.05, 3.63) is 0 Å². The number of carboxylic acids is 1. The molecule has 0 aromatic rings. The van der Waals surface area contributed by atoms with E-state index in [9.17, 15) is 4.79 Å². The third-order valence-corrected chi connectivity index (χ3v) is 3.70. The topological polar surface area (TPSA) is 66.6 Å². The summed E-state index contributed by atoms with van der Waals surface area (Å²) in [6.07, 6.45) is 3.87. The summed E-state index contributed by atoms with van der Waals surface area (Å²) >= 11 is 0. The molecule has 0 amide bonds. The molecular formula is C10H18N2O2. The van der Waals surface area contributed by atoms with Crippen LogP contribution in [0.15, 0.2) is 0 Å². The maximum Gasteiger partial charge on any atom is 0.322 e. The number of aliphatic carboxylic acids is 1. The maximum atomic E-state index is 10.9. The molecule has 0 aromatic carbocycles. The van der Waals surface area contributed by atoms with E-state index in [4.69, 9.17) is 10.8 Å². The fraction of sp³-hybridized carbons (Fsp3) is 0.900. The number of hydrogen-bond donors (Lipinski definition) is 2. The highest BCUT2D eigenvalue weighted by atomic mass is 16.4. The van der Waals surface area contributed by atoms with Crippen LogP contribution in [0.3, 0.4) is 0 Å². The predicted octanol–water partition coefficient (Wildman–Crippen LogP) is 0.130. The Morgan fingerprint density at radius 3 is 2.43 bits per heavy atom. The molecule has 2 aliphatic rings. The Morgan fingerprint density at radius 2 is 2.00 bits per heavy atom. The van der Waals surface area contributed by atoms with Crippen molar-refractivity contribution in [3.8, 4) is 0 Å². The number of carboxylic acid groups (broad SMARTS) is 1. The van der Waals surface area contributed by atoms with Crippen molar-refractivity contribution in [2.24, 2.45) is 17.6 Å². The molecule has 0 spiro atoms. The summed E-state index contributed by atoms with van der Waals surface area (Å²) in [4.78, 5) is 13.0. The molecule has 1 saturated carbocycles. The molecule has 2 fully saturated rings. The first-order valence-electron chi connectivity index (χ1n) is 5.39. The van der Waals surface area contributed by atoms with Gasteiger partial charge in [0.15, 0.2) is 0 Å². The number of fused-ring (bicyclic) bond motifs is 1. The molecule has 1 aliphatic carbocycles. The minimum Gasteiger partial charge on any atom is -0.480 e. The Hall–Kier alpha value is -0.610. The standard InChI is InChI=1S/C10H18N2O2/c11-4-9(10(13)14)12-5-7-2-1-3-8(7)6-12/h7-9H,1-6,11H2,(H,13,14). The van der Waals surface area contributed by atoms with Crippen LogP contribution in [-0.4, -0.2) is 41.7 Å². The van der Waals surface area contributed by atoms with E-state index in [1.54, 1.807) is 0 Å². The van der Waals surface area contributed by atoms with Crippen molar-refractivity contribution in [2.75, 3.05) is 19.6 Å². The summed E-state index contributed by atoms with van der Waals surface area (Å²) in [5, 5.41) is 8.98. The molecule has 4 nitrogen and oxygen atoms in total. The maximum absolute atomic E-state index is 10.9. The van der Waals surface area contributed by atoms with Crippen molar-refractivity contribution in [2.45, 2.75) is 25.3 Å². The quantitative estimate of drug-likeness (QED) is 0.676.